The van der Waals surface area contributed by atoms with Crippen LogP contribution in [-0.2, 0) is 11.2 Å². The molecule has 0 spiro atoms. The smallest absolute Gasteiger partial charge is 0.236 e. The number of amides is 1. The Balaban J connectivity index is 1.47. The summed E-state index contributed by atoms with van der Waals surface area (Å²) in [5.41, 5.74) is 1.39. The Morgan fingerprint density at radius 2 is 2.19 bits per heavy atom. The predicted octanol–water partition coefficient (Wildman–Crippen LogP) is 3.17. The first-order valence-electron chi connectivity index (χ1n) is 8.21. The van der Waals surface area contributed by atoms with Gasteiger partial charge in [0.15, 0.2) is 11.5 Å². The highest BCUT2D eigenvalue weighted by Gasteiger charge is 2.19. The van der Waals surface area contributed by atoms with E-state index in [0.29, 0.717) is 23.2 Å². The summed E-state index contributed by atoms with van der Waals surface area (Å²) in [7, 11) is 0. The molecule has 8 heteroatoms. The van der Waals surface area contributed by atoms with E-state index >= 15 is 0 Å². The van der Waals surface area contributed by atoms with Gasteiger partial charge in [-0.15, -0.1) is 21.5 Å². The number of thiophene rings is 1. The van der Waals surface area contributed by atoms with Crippen molar-refractivity contribution in [1.29, 1.82) is 0 Å². The van der Waals surface area contributed by atoms with Gasteiger partial charge in [-0.05, 0) is 37.4 Å². The van der Waals surface area contributed by atoms with Crippen molar-refractivity contribution in [2.75, 3.05) is 0 Å². The molecule has 7 nitrogen and oxygen atoms in total. The second-order valence-corrected chi connectivity index (χ2v) is 6.90. The summed E-state index contributed by atoms with van der Waals surface area (Å²) in [5.74, 6) is 1.75. The number of nitrogens with one attached hydrogen (secondary N) is 1. The number of hydrogen-bond donors (Lipinski definition) is 1. The Hall–Kier alpha value is -3.00. The Morgan fingerprint density at radius 1 is 1.31 bits per heavy atom. The third-order valence-electron chi connectivity index (χ3n) is 4.06. The maximum Gasteiger partial charge on any atom is 0.236 e. The van der Waals surface area contributed by atoms with Crippen LogP contribution >= 0.6 is 11.3 Å². The van der Waals surface area contributed by atoms with Gasteiger partial charge >= 0.3 is 0 Å². The number of fused-ring (bicyclic) bond motifs is 1. The van der Waals surface area contributed by atoms with Crippen LogP contribution in [0.3, 0.4) is 0 Å². The van der Waals surface area contributed by atoms with E-state index in [4.69, 9.17) is 4.42 Å². The van der Waals surface area contributed by atoms with E-state index in [2.05, 4.69) is 20.5 Å². The van der Waals surface area contributed by atoms with Gasteiger partial charge in [0.2, 0.25) is 11.8 Å². The third kappa shape index (κ3) is 3.11. The van der Waals surface area contributed by atoms with Crippen LogP contribution in [-0.4, -0.2) is 25.5 Å². The molecule has 4 heterocycles. The zero-order chi connectivity index (χ0) is 18.1. The molecule has 4 aromatic rings. The molecule has 0 bridgehead atoms. The molecule has 1 amide bonds. The van der Waals surface area contributed by atoms with Gasteiger partial charge in [0.25, 0.3) is 0 Å². The number of carbonyl (C=O) groups is 1. The summed E-state index contributed by atoms with van der Waals surface area (Å²) < 4.78 is 7.55. The number of hydrogen-bond acceptors (Lipinski definition) is 6. The number of nitrogens with zero attached hydrogens (tertiary/aromatic N) is 4. The summed E-state index contributed by atoms with van der Waals surface area (Å²) in [6, 6.07) is 9.28. The average Bonchev–Trinajstić information content (AvgIpc) is 3.34. The first-order valence-corrected chi connectivity index (χ1v) is 9.09. The number of rotatable bonds is 5. The molecular weight excluding hydrogens is 350 g/mol. The summed E-state index contributed by atoms with van der Waals surface area (Å²) >= 11 is 1.55. The van der Waals surface area contributed by atoms with Gasteiger partial charge in [-0.25, -0.2) is 4.98 Å². The van der Waals surface area contributed by atoms with Crippen molar-refractivity contribution in [2.24, 2.45) is 0 Å². The third-order valence-corrected chi connectivity index (χ3v) is 4.92. The first kappa shape index (κ1) is 16.5. The molecule has 0 aromatic carbocycles. The predicted molar refractivity (Wildman–Crippen MR) is 97.8 cm³/mol. The van der Waals surface area contributed by atoms with Crippen LogP contribution in [0.4, 0.5) is 0 Å². The monoisotopic (exact) mass is 367 g/mol. The van der Waals surface area contributed by atoms with E-state index in [-0.39, 0.29) is 18.4 Å². The number of pyridine rings is 1. The van der Waals surface area contributed by atoms with Gasteiger partial charge in [-0.2, -0.15) is 0 Å². The van der Waals surface area contributed by atoms with Crippen LogP contribution in [0.15, 0.2) is 46.3 Å². The topological polar surface area (TPSA) is 85.3 Å². The molecule has 0 aliphatic carbocycles. The second kappa shape index (κ2) is 6.72. The van der Waals surface area contributed by atoms with E-state index in [9.17, 15) is 4.79 Å². The van der Waals surface area contributed by atoms with Gasteiger partial charge in [-0.3, -0.25) is 9.20 Å². The SMILES string of the molecule is Cc1oc(-c2cccs2)nc1CC(=O)NC(C)c1nnc2ccccn12. The lowest BCUT2D eigenvalue weighted by molar-refractivity contribution is -0.121. The van der Waals surface area contributed by atoms with Crippen molar-refractivity contribution >= 4 is 22.9 Å². The van der Waals surface area contributed by atoms with E-state index in [1.807, 2.05) is 60.2 Å². The van der Waals surface area contributed by atoms with E-state index in [0.717, 1.165) is 10.5 Å². The molecule has 0 saturated heterocycles. The molecule has 0 saturated carbocycles. The standard InChI is InChI=1S/C18H17N5O2S/c1-11(17-22-21-15-7-3-4-8-23(15)17)19-16(24)10-13-12(2)25-18(20-13)14-6-5-9-26-14/h3-9,11H,10H2,1-2H3,(H,19,24). The van der Waals surface area contributed by atoms with Crippen molar-refractivity contribution in [1.82, 2.24) is 24.9 Å². The molecule has 1 unspecified atom stereocenters. The van der Waals surface area contributed by atoms with Crippen molar-refractivity contribution in [3.63, 3.8) is 0 Å². The van der Waals surface area contributed by atoms with Gasteiger partial charge in [0, 0.05) is 6.20 Å². The number of aryl methyl sites for hydroxylation is 1. The molecule has 0 aliphatic heterocycles. The zero-order valence-corrected chi connectivity index (χ0v) is 15.2. The quantitative estimate of drug-likeness (QED) is 0.585. The minimum Gasteiger partial charge on any atom is -0.440 e. The summed E-state index contributed by atoms with van der Waals surface area (Å²) in [5, 5.41) is 13.2. The maximum atomic E-state index is 12.5. The normalized spacial score (nSPS) is 12.4. The van der Waals surface area contributed by atoms with Crippen LogP contribution in [0, 0.1) is 6.92 Å². The Kier molecular flexibility index (Phi) is 4.26. The van der Waals surface area contributed by atoms with Gasteiger partial charge < -0.3 is 9.73 Å². The van der Waals surface area contributed by atoms with E-state index in [1.54, 1.807) is 11.3 Å². The highest BCUT2D eigenvalue weighted by molar-refractivity contribution is 7.13. The van der Waals surface area contributed by atoms with Crippen LogP contribution < -0.4 is 5.32 Å². The molecule has 132 valence electrons. The molecule has 1 N–H and O–H groups in total. The summed E-state index contributed by atoms with van der Waals surface area (Å²) in [4.78, 5) is 17.9. The minimum atomic E-state index is -0.274. The molecule has 0 fully saturated rings. The fraction of sp³-hybridized carbons (Fsp3) is 0.222. The van der Waals surface area contributed by atoms with Crippen molar-refractivity contribution in [2.45, 2.75) is 26.3 Å². The van der Waals surface area contributed by atoms with Gasteiger partial charge in [0.05, 0.1) is 23.0 Å². The maximum absolute atomic E-state index is 12.5. The lowest BCUT2D eigenvalue weighted by atomic mass is 10.2. The largest absolute Gasteiger partial charge is 0.440 e. The second-order valence-electron chi connectivity index (χ2n) is 5.95. The lowest BCUT2D eigenvalue weighted by Crippen LogP contribution is -2.29. The number of carbonyl (C=O) groups excluding carboxylic acids is 1. The summed E-state index contributed by atoms with van der Waals surface area (Å²) in [6.07, 6.45) is 2.03. The van der Waals surface area contributed by atoms with Crippen LogP contribution in [0.5, 0.6) is 0 Å². The Bertz CT molecular complexity index is 1050. The lowest BCUT2D eigenvalue weighted by Gasteiger charge is -2.11. The fourth-order valence-corrected chi connectivity index (χ4v) is 3.41. The highest BCUT2D eigenvalue weighted by Crippen LogP contribution is 2.26. The van der Waals surface area contributed by atoms with Crippen molar-refractivity contribution < 1.29 is 9.21 Å². The van der Waals surface area contributed by atoms with Crippen molar-refractivity contribution in [3.8, 4) is 10.8 Å². The van der Waals surface area contributed by atoms with Crippen LogP contribution in [0.25, 0.3) is 16.4 Å². The molecule has 4 rings (SSSR count). The molecule has 26 heavy (non-hydrogen) atoms. The molecule has 4 aromatic heterocycles. The van der Waals surface area contributed by atoms with Gasteiger partial charge in [-0.1, -0.05) is 12.1 Å². The minimum absolute atomic E-state index is 0.140. The molecule has 1 atom stereocenters. The highest BCUT2D eigenvalue weighted by atomic mass is 32.1. The molecular formula is C18H17N5O2S. The zero-order valence-electron chi connectivity index (χ0n) is 14.3. The molecule has 0 aliphatic rings. The average molecular weight is 367 g/mol. The van der Waals surface area contributed by atoms with Gasteiger partial charge in [0.1, 0.15) is 5.76 Å². The Labute approximate surface area is 153 Å². The molecule has 0 radical (unpaired) electrons. The first-order chi connectivity index (χ1) is 12.6. The van der Waals surface area contributed by atoms with E-state index in [1.165, 1.54) is 0 Å². The fourth-order valence-electron chi connectivity index (χ4n) is 2.76. The Morgan fingerprint density at radius 3 is 3.00 bits per heavy atom. The van der Waals surface area contributed by atoms with Crippen LogP contribution in [0.2, 0.25) is 0 Å². The van der Waals surface area contributed by atoms with Crippen molar-refractivity contribution in [3.05, 3.63) is 59.2 Å². The number of aromatic nitrogens is 4. The van der Waals surface area contributed by atoms with Crippen LogP contribution in [0.1, 0.15) is 30.2 Å². The van der Waals surface area contributed by atoms with E-state index < -0.39 is 0 Å². The summed E-state index contributed by atoms with van der Waals surface area (Å²) in [6.45, 7) is 3.70. The number of oxazole rings is 1.